The fourth-order valence-electron chi connectivity index (χ4n) is 2.08. The van der Waals surface area contributed by atoms with E-state index in [4.69, 9.17) is 9.47 Å². The summed E-state index contributed by atoms with van der Waals surface area (Å²) in [7, 11) is 1.50. The summed E-state index contributed by atoms with van der Waals surface area (Å²) in [6, 6.07) is 8.85. The number of esters is 1. The molecular weight excluding hydrogens is 232 g/mol. The van der Waals surface area contributed by atoms with Gasteiger partial charge >= 0.3 is 5.97 Å². The lowest BCUT2D eigenvalue weighted by Gasteiger charge is -2.26. The zero-order valence-corrected chi connectivity index (χ0v) is 10.3. The number of hydrogen-bond donors (Lipinski definition) is 0. The molecule has 0 aliphatic heterocycles. The van der Waals surface area contributed by atoms with Crippen molar-refractivity contribution in [1.82, 2.24) is 0 Å². The normalized spacial score (nSPS) is 23.7. The molecule has 18 heavy (non-hydrogen) atoms. The molecule has 1 aromatic carbocycles. The van der Waals surface area contributed by atoms with E-state index in [1.165, 1.54) is 7.11 Å². The summed E-state index contributed by atoms with van der Waals surface area (Å²) in [4.78, 5) is 23.3. The average Bonchev–Trinajstić information content (AvgIpc) is 2.42. The minimum atomic E-state index is -0.438. The number of carbonyl (C=O) groups excluding carboxylic acids is 2. The highest BCUT2D eigenvalue weighted by molar-refractivity contribution is 5.89. The second-order valence-electron chi connectivity index (χ2n) is 4.36. The highest BCUT2D eigenvalue weighted by Crippen LogP contribution is 2.21. The first kappa shape index (κ1) is 12.8. The molecule has 0 bridgehead atoms. The monoisotopic (exact) mass is 248 g/mol. The van der Waals surface area contributed by atoms with E-state index in [2.05, 4.69) is 0 Å². The van der Waals surface area contributed by atoms with E-state index in [9.17, 15) is 9.59 Å². The summed E-state index contributed by atoms with van der Waals surface area (Å²) in [5.74, 6) is -0.255. The Balaban J connectivity index is 1.94. The molecule has 1 fully saturated rings. The van der Waals surface area contributed by atoms with Crippen LogP contribution in [-0.4, -0.2) is 31.1 Å². The van der Waals surface area contributed by atoms with Crippen LogP contribution in [0.25, 0.3) is 0 Å². The van der Waals surface area contributed by atoms with E-state index in [0.717, 1.165) is 0 Å². The van der Waals surface area contributed by atoms with Gasteiger partial charge in [-0.1, -0.05) is 18.2 Å². The third-order valence-corrected chi connectivity index (χ3v) is 3.12. The number of Topliss-reactive ketones (excluding diaryl/α,β-unsaturated/α-hetero) is 1. The fraction of sp³-hybridized carbons (Fsp3) is 0.429. The first-order chi connectivity index (χ1) is 8.70. The van der Waals surface area contributed by atoms with Crippen LogP contribution in [0, 0.1) is 0 Å². The predicted octanol–water partition coefficient (Wildman–Crippen LogP) is 1.98. The van der Waals surface area contributed by atoms with Crippen LogP contribution in [0.5, 0.6) is 0 Å². The van der Waals surface area contributed by atoms with Crippen molar-refractivity contribution in [3.05, 3.63) is 35.9 Å². The van der Waals surface area contributed by atoms with Crippen molar-refractivity contribution < 1.29 is 19.1 Å². The predicted molar refractivity (Wildman–Crippen MR) is 65.3 cm³/mol. The van der Waals surface area contributed by atoms with Gasteiger partial charge in [-0.3, -0.25) is 4.79 Å². The standard InChI is InChI=1S/C14H16O4/c1-17-13-9-11(7-8-12(13)15)18-14(16)10-5-3-2-4-6-10/h2-6,11,13H,7-9H2,1H3/t11-,13-/m0/s1. The van der Waals surface area contributed by atoms with Crippen molar-refractivity contribution in [3.63, 3.8) is 0 Å². The van der Waals surface area contributed by atoms with Gasteiger partial charge in [0.05, 0.1) is 5.56 Å². The second kappa shape index (κ2) is 5.78. The van der Waals surface area contributed by atoms with Gasteiger partial charge < -0.3 is 9.47 Å². The Labute approximate surface area is 106 Å². The van der Waals surface area contributed by atoms with Crippen LogP contribution < -0.4 is 0 Å². The van der Waals surface area contributed by atoms with Crippen LogP contribution in [0.1, 0.15) is 29.6 Å². The molecule has 2 atom stereocenters. The quantitative estimate of drug-likeness (QED) is 0.767. The molecule has 0 unspecified atom stereocenters. The van der Waals surface area contributed by atoms with Crippen molar-refractivity contribution in [3.8, 4) is 0 Å². The number of carbonyl (C=O) groups is 2. The minimum absolute atomic E-state index is 0.0875. The smallest absolute Gasteiger partial charge is 0.338 e. The number of methoxy groups -OCH3 is 1. The SMILES string of the molecule is CO[C@H]1C[C@@H](OC(=O)c2ccccc2)CCC1=O. The van der Waals surface area contributed by atoms with Gasteiger partial charge in [0.15, 0.2) is 5.78 Å². The lowest BCUT2D eigenvalue weighted by Crippen LogP contribution is -2.36. The molecule has 0 spiro atoms. The lowest BCUT2D eigenvalue weighted by molar-refractivity contribution is -0.134. The molecule has 1 aromatic rings. The van der Waals surface area contributed by atoms with Crippen molar-refractivity contribution in [2.45, 2.75) is 31.5 Å². The third-order valence-electron chi connectivity index (χ3n) is 3.12. The van der Waals surface area contributed by atoms with Crippen molar-refractivity contribution in [2.24, 2.45) is 0 Å². The molecule has 0 saturated heterocycles. The largest absolute Gasteiger partial charge is 0.459 e. The van der Waals surface area contributed by atoms with Crippen LogP contribution in [0.4, 0.5) is 0 Å². The van der Waals surface area contributed by atoms with Crippen LogP contribution >= 0.6 is 0 Å². The highest BCUT2D eigenvalue weighted by Gasteiger charge is 2.30. The van der Waals surface area contributed by atoms with E-state index in [0.29, 0.717) is 24.8 Å². The maximum atomic E-state index is 11.8. The minimum Gasteiger partial charge on any atom is -0.459 e. The van der Waals surface area contributed by atoms with E-state index in [-0.39, 0.29) is 17.9 Å². The Morgan fingerprint density at radius 3 is 2.67 bits per heavy atom. The summed E-state index contributed by atoms with van der Waals surface area (Å²) in [6.45, 7) is 0. The first-order valence-corrected chi connectivity index (χ1v) is 6.02. The molecule has 96 valence electrons. The Bertz CT molecular complexity index is 427. The zero-order chi connectivity index (χ0) is 13.0. The van der Waals surface area contributed by atoms with Gasteiger partial charge in [-0.15, -0.1) is 0 Å². The van der Waals surface area contributed by atoms with E-state index in [1.54, 1.807) is 24.3 Å². The Morgan fingerprint density at radius 1 is 1.28 bits per heavy atom. The summed E-state index contributed by atoms with van der Waals surface area (Å²) >= 11 is 0. The summed E-state index contributed by atoms with van der Waals surface area (Å²) in [5, 5.41) is 0. The van der Waals surface area contributed by atoms with Crippen LogP contribution in [0.2, 0.25) is 0 Å². The first-order valence-electron chi connectivity index (χ1n) is 6.02. The topological polar surface area (TPSA) is 52.6 Å². The molecule has 0 heterocycles. The van der Waals surface area contributed by atoms with Gasteiger partial charge in [-0.05, 0) is 18.6 Å². The fourth-order valence-corrected chi connectivity index (χ4v) is 2.08. The van der Waals surface area contributed by atoms with E-state index >= 15 is 0 Å². The van der Waals surface area contributed by atoms with Gasteiger partial charge in [-0.25, -0.2) is 4.79 Å². The molecule has 0 amide bonds. The van der Waals surface area contributed by atoms with Crippen LogP contribution in [0.3, 0.4) is 0 Å². The third kappa shape index (κ3) is 2.96. The average molecular weight is 248 g/mol. The zero-order valence-electron chi connectivity index (χ0n) is 10.3. The molecule has 4 nitrogen and oxygen atoms in total. The Kier molecular flexibility index (Phi) is 4.10. The number of ketones is 1. The van der Waals surface area contributed by atoms with Gasteiger partial charge in [-0.2, -0.15) is 0 Å². The number of benzene rings is 1. The molecule has 1 aliphatic carbocycles. The molecule has 0 aromatic heterocycles. The second-order valence-corrected chi connectivity index (χ2v) is 4.36. The summed E-state index contributed by atoms with van der Waals surface area (Å²) in [6.07, 6.45) is 0.767. The molecule has 0 N–H and O–H groups in total. The van der Waals surface area contributed by atoms with Crippen molar-refractivity contribution in [1.29, 1.82) is 0 Å². The summed E-state index contributed by atoms with van der Waals surface area (Å²) < 4.78 is 10.5. The lowest BCUT2D eigenvalue weighted by atomic mass is 9.93. The maximum Gasteiger partial charge on any atom is 0.338 e. The summed E-state index contributed by atoms with van der Waals surface area (Å²) in [5.41, 5.74) is 0.531. The van der Waals surface area contributed by atoms with Crippen LogP contribution in [0.15, 0.2) is 30.3 Å². The van der Waals surface area contributed by atoms with Crippen molar-refractivity contribution >= 4 is 11.8 Å². The van der Waals surface area contributed by atoms with Gasteiger partial charge in [0.1, 0.15) is 12.2 Å². The Morgan fingerprint density at radius 2 is 2.00 bits per heavy atom. The van der Waals surface area contributed by atoms with Gasteiger partial charge in [0.2, 0.25) is 0 Å². The maximum absolute atomic E-state index is 11.8. The molecule has 4 heteroatoms. The number of ether oxygens (including phenoxy) is 2. The van der Waals surface area contributed by atoms with E-state index in [1.807, 2.05) is 6.07 Å². The highest BCUT2D eigenvalue weighted by atomic mass is 16.5. The van der Waals surface area contributed by atoms with E-state index < -0.39 is 6.10 Å². The van der Waals surface area contributed by atoms with Gasteiger partial charge in [0.25, 0.3) is 0 Å². The molecule has 1 saturated carbocycles. The molecular formula is C14H16O4. The Hall–Kier alpha value is -1.68. The van der Waals surface area contributed by atoms with Gasteiger partial charge in [0, 0.05) is 20.0 Å². The van der Waals surface area contributed by atoms with Crippen LogP contribution in [-0.2, 0) is 14.3 Å². The molecule has 2 rings (SSSR count). The number of rotatable bonds is 3. The number of hydrogen-bond acceptors (Lipinski definition) is 4. The molecule has 0 radical (unpaired) electrons. The molecule has 1 aliphatic rings. The van der Waals surface area contributed by atoms with Crippen molar-refractivity contribution in [2.75, 3.05) is 7.11 Å².